The summed E-state index contributed by atoms with van der Waals surface area (Å²) in [5.74, 6) is 0.179. The Kier molecular flexibility index (Phi) is 9.26. The van der Waals surface area contributed by atoms with Gasteiger partial charge in [0.05, 0.1) is 13.0 Å². The molecule has 0 unspecified atom stereocenters. The number of fused-ring (bicyclic) bond motifs is 1. The number of hydrogen-bond donors (Lipinski definition) is 1. The normalized spacial score (nSPS) is 15.4. The van der Waals surface area contributed by atoms with Gasteiger partial charge in [-0.2, -0.15) is 0 Å². The summed E-state index contributed by atoms with van der Waals surface area (Å²) in [5.41, 5.74) is 4.13. The smallest absolute Gasteiger partial charge is 0.328 e. The lowest BCUT2D eigenvalue weighted by molar-refractivity contribution is -0.142. The van der Waals surface area contributed by atoms with Crippen molar-refractivity contribution in [1.82, 2.24) is 0 Å². The number of hydrogen-bond acceptors (Lipinski definition) is 7. The third-order valence-corrected chi connectivity index (χ3v) is 6.99. The molecule has 220 valence electrons. The van der Waals surface area contributed by atoms with Crippen LogP contribution in [0.1, 0.15) is 46.8 Å². The molecule has 1 heterocycles. The van der Waals surface area contributed by atoms with E-state index in [4.69, 9.17) is 23.7 Å². The van der Waals surface area contributed by atoms with E-state index in [0.717, 1.165) is 28.3 Å². The average molecular weight is 581 g/mol. The quantitative estimate of drug-likeness (QED) is 0.145. The molecule has 4 aromatic rings. The summed E-state index contributed by atoms with van der Waals surface area (Å²) in [6.45, 7) is 2.06. The first-order chi connectivity index (χ1) is 20.9. The minimum Gasteiger partial charge on any atom is -0.493 e. The maximum Gasteiger partial charge on any atom is 0.328 e. The minimum absolute atomic E-state index is 0.0474. The van der Waals surface area contributed by atoms with Crippen molar-refractivity contribution in [2.24, 2.45) is 0 Å². The highest BCUT2D eigenvalue weighted by Gasteiger charge is 2.39. The van der Waals surface area contributed by atoms with E-state index in [1.807, 2.05) is 84.9 Å². The Hall–Kier alpha value is -5.24. The summed E-state index contributed by atoms with van der Waals surface area (Å²) in [4.78, 5) is 23.1. The van der Waals surface area contributed by atoms with Crippen LogP contribution in [0.3, 0.4) is 0 Å². The highest BCUT2D eigenvalue weighted by molar-refractivity contribution is 5.85. The molecule has 8 nitrogen and oxygen atoms in total. The van der Waals surface area contributed by atoms with Crippen molar-refractivity contribution in [3.05, 3.63) is 125 Å². The first-order valence-electron chi connectivity index (χ1n) is 13.8. The van der Waals surface area contributed by atoms with E-state index >= 15 is 0 Å². The molecule has 0 fully saturated rings. The zero-order chi connectivity index (χ0) is 30.2. The van der Waals surface area contributed by atoms with Gasteiger partial charge in [-0.05, 0) is 52.6 Å². The summed E-state index contributed by atoms with van der Waals surface area (Å²) >= 11 is 0. The maximum absolute atomic E-state index is 11.9. The van der Waals surface area contributed by atoms with Crippen molar-refractivity contribution in [2.75, 3.05) is 13.7 Å². The molecule has 0 bridgehead atoms. The first kappa shape index (κ1) is 29.3. The van der Waals surface area contributed by atoms with Crippen LogP contribution in [0.25, 0.3) is 6.08 Å². The van der Waals surface area contributed by atoms with Crippen LogP contribution < -0.4 is 18.9 Å². The van der Waals surface area contributed by atoms with E-state index in [2.05, 4.69) is 0 Å². The van der Waals surface area contributed by atoms with Gasteiger partial charge in [0.1, 0.15) is 25.9 Å². The number of carbonyl (C=O) groups is 2. The molecule has 2 atom stereocenters. The van der Waals surface area contributed by atoms with E-state index in [0.29, 0.717) is 35.2 Å². The largest absolute Gasteiger partial charge is 0.493 e. The third-order valence-electron chi connectivity index (χ3n) is 6.99. The van der Waals surface area contributed by atoms with Gasteiger partial charge in [0.2, 0.25) is 0 Å². The molecule has 43 heavy (non-hydrogen) atoms. The number of aliphatic carboxylic acids is 1. The van der Waals surface area contributed by atoms with Gasteiger partial charge in [-0.3, -0.25) is 4.79 Å². The van der Waals surface area contributed by atoms with Crippen LogP contribution in [0.4, 0.5) is 0 Å². The van der Waals surface area contributed by atoms with Gasteiger partial charge in [0, 0.05) is 18.6 Å². The lowest BCUT2D eigenvalue weighted by atomic mass is 9.90. The predicted octanol–water partition coefficient (Wildman–Crippen LogP) is 6.73. The van der Waals surface area contributed by atoms with Crippen molar-refractivity contribution in [2.45, 2.75) is 32.2 Å². The highest BCUT2D eigenvalue weighted by atomic mass is 16.5. The summed E-state index contributed by atoms with van der Waals surface area (Å²) < 4.78 is 30.0. The summed E-state index contributed by atoms with van der Waals surface area (Å²) in [6.07, 6.45) is 2.01. The molecule has 0 amide bonds. The van der Waals surface area contributed by atoms with Crippen molar-refractivity contribution in [3.8, 4) is 23.0 Å². The van der Waals surface area contributed by atoms with Crippen LogP contribution in [0, 0.1) is 0 Å². The van der Waals surface area contributed by atoms with Gasteiger partial charge < -0.3 is 28.8 Å². The van der Waals surface area contributed by atoms with E-state index in [-0.39, 0.29) is 13.2 Å². The van der Waals surface area contributed by atoms with E-state index < -0.39 is 24.0 Å². The van der Waals surface area contributed by atoms with Gasteiger partial charge in [-0.15, -0.1) is 0 Å². The summed E-state index contributed by atoms with van der Waals surface area (Å²) in [5, 5.41) is 9.23. The van der Waals surface area contributed by atoms with Crippen molar-refractivity contribution in [3.63, 3.8) is 0 Å². The van der Waals surface area contributed by atoms with Crippen LogP contribution in [0.2, 0.25) is 0 Å². The Labute approximate surface area is 250 Å². The van der Waals surface area contributed by atoms with Gasteiger partial charge >= 0.3 is 11.9 Å². The molecule has 8 heteroatoms. The van der Waals surface area contributed by atoms with Gasteiger partial charge in [0.15, 0.2) is 23.0 Å². The Bertz CT molecular complexity index is 1600. The second kappa shape index (κ2) is 13.6. The molecule has 1 N–H and O–H groups in total. The summed E-state index contributed by atoms with van der Waals surface area (Å²) in [7, 11) is 1.58. The monoisotopic (exact) mass is 580 g/mol. The number of carbonyl (C=O) groups excluding carboxylic acids is 1. The number of rotatable bonds is 12. The molecule has 0 aliphatic carbocycles. The molecular formula is C35H32O8. The number of methoxy groups -OCH3 is 1. The van der Waals surface area contributed by atoms with E-state index in [1.165, 1.54) is 13.0 Å². The lowest BCUT2D eigenvalue weighted by Gasteiger charge is -2.21. The molecule has 4 aromatic carbocycles. The highest BCUT2D eigenvalue weighted by Crippen LogP contribution is 2.52. The molecule has 1 aliphatic rings. The average Bonchev–Trinajstić information content (AvgIpc) is 3.40. The topological polar surface area (TPSA) is 101 Å². The van der Waals surface area contributed by atoms with Crippen LogP contribution >= 0.6 is 0 Å². The SMILES string of the molecule is COc1cc([C@@H]2Oc3c(OCc4ccccc4)cc(/C=C/C(=O)O)cc3[C@H]2COC(C)=O)ccc1OCc1ccccc1. The van der Waals surface area contributed by atoms with Crippen molar-refractivity contribution in [1.29, 1.82) is 0 Å². The van der Waals surface area contributed by atoms with Gasteiger partial charge in [0.25, 0.3) is 0 Å². The lowest BCUT2D eigenvalue weighted by Crippen LogP contribution is -2.17. The van der Waals surface area contributed by atoms with Crippen LogP contribution in [-0.4, -0.2) is 30.8 Å². The zero-order valence-electron chi connectivity index (χ0n) is 23.9. The summed E-state index contributed by atoms with van der Waals surface area (Å²) in [6, 6.07) is 28.7. The first-order valence-corrected chi connectivity index (χ1v) is 13.8. The minimum atomic E-state index is -1.07. The van der Waals surface area contributed by atoms with Crippen LogP contribution in [0.5, 0.6) is 23.0 Å². The Balaban J connectivity index is 1.49. The number of esters is 1. The molecule has 5 rings (SSSR count). The molecule has 0 aromatic heterocycles. The third kappa shape index (κ3) is 7.35. The zero-order valence-corrected chi connectivity index (χ0v) is 23.9. The molecule has 0 saturated heterocycles. The van der Waals surface area contributed by atoms with Crippen molar-refractivity contribution < 1.29 is 38.4 Å². The fourth-order valence-electron chi connectivity index (χ4n) is 4.93. The predicted molar refractivity (Wildman–Crippen MR) is 160 cm³/mol. The van der Waals surface area contributed by atoms with E-state index in [1.54, 1.807) is 13.2 Å². The molecule has 0 spiro atoms. The van der Waals surface area contributed by atoms with Gasteiger partial charge in [-0.25, -0.2) is 4.79 Å². The number of benzene rings is 4. The second-order valence-corrected chi connectivity index (χ2v) is 10.0. The number of ether oxygens (including phenoxy) is 5. The standard InChI is InChI=1S/C35H32O8/c1-23(36)40-22-29-28-17-26(13-16-33(37)38)18-32(42-21-25-11-7-4-8-12-25)35(28)43-34(29)27-14-15-30(31(19-27)39-2)41-20-24-9-5-3-6-10-24/h3-19,29,34H,20-22H2,1-2H3,(H,37,38)/b16-13+/t29-,34+/m1/s1. The fourth-order valence-corrected chi connectivity index (χ4v) is 4.93. The van der Waals surface area contributed by atoms with Crippen LogP contribution in [-0.2, 0) is 27.5 Å². The number of carboxylic acid groups (broad SMARTS) is 1. The van der Waals surface area contributed by atoms with Crippen LogP contribution in [0.15, 0.2) is 97.1 Å². The Morgan fingerprint density at radius 1 is 0.837 bits per heavy atom. The van der Waals surface area contributed by atoms with Gasteiger partial charge in [-0.1, -0.05) is 66.7 Å². The van der Waals surface area contributed by atoms with E-state index in [9.17, 15) is 14.7 Å². The molecule has 0 radical (unpaired) electrons. The number of carboxylic acids is 1. The maximum atomic E-state index is 11.9. The Morgan fingerprint density at radius 2 is 1.49 bits per heavy atom. The molecule has 0 saturated carbocycles. The molecule has 1 aliphatic heterocycles. The second-order valence-electron chi connectivity index (χ2n) is 10.0. The van der Waals surface area contributed by atoms with Crippen molar-refractivity contribution >= 4 is 18.0 Å². The molecular weight excluding hydrogens is 548 g/mol. The fraction of sp³-hybridized carbons (Fsp3) is 0.200. The Morgan fingerprint density at radius 3 is 2.09 bits per heavy atom.